The number of carbonyl (C=O) groups excluding carboxylic acids is 1. The first-order valence-corrected chi connectivity index (χ1v) is 8.89. The van der Waals surface area contributed by atoms with Gasteiger partial charge in [-0.25, -0.2) is 4.98 Å². The summed E-state index contributed by atoms with van der Waals surface area (Å²) in [6.07, 6.45) is 1.71. The molecular formula is C17H24Cl2N4OS. The zero-order valence-electron chi connectivity index (χ0n) is 14.0. The lowest BCUT2D eigenvalue weighted by atomic mass is 10.3. The summed E-state index contributed by atoms with van der Waals surface area (Å²) in [5.74, 6) is 0.0411. The number of aromatic nitrogens is 1. The SMILES string of the molecule is Cl.Cl.NCCc1nc(C(=O)N2CCCN(c3ccccc3)CC2)cs1. The molecule has 2 N–H and O–H groups in total. The summed E-state index contributed by atoms with van der Waals surface area (Å²) < 4.78 is 0. The maximum absolute atomic E-state index is 12.6. The molecule has 1 amide bonds. The van der Waals surface area contributed by atoms with Crippen LogP contribution in [0.25, 0.3) is 0 Å². The molecule has 0 spiro atoms. The molecule has 0 atom stereocenters. The average molecular weight is 403 g/mol. The number of anilines is 1. The van der Waals surface area contributed by atoms with Crippen molar-refractivity contribution in [2.24, 2.45) is 5.73 Å². The van der Waals surface area contributed by atoms with Crippen molar-refractivity contribution in [2.75, 3.05) is 37.6 Å². The van der Waals surface area contributed by atoms with Crippen LogP contribution >= 0.6 is 36.2 Å². The van der Waals surface area contributed by atoms with Gasteiger partial charge in [0.1, 0.15) is 5.69 Å². The Bertz CT molecular complexity index is 653. The Hall–Kier alpha value is -1.34. The van der Waals surface area contributed by atoms with Gasteiger partial charge in [-0.3, -0.25) is 4.79 Å². The highest BCUT2D eigenvalue weighted by atomic mass is 35.5. The Kier molecular flexibility index (Phi) is 9.21. The number of amides is 1. The molecule has 1 aromatic heterocycles. The molecule has 0 bridgehead atoms. The normalized spacial score (nSPS) is 14.3. The van der Waals surface area contributed by atoms with Gasteiger partial charge in [0, 0.05) is 43.7 Å². The van der Waals surface area contributed by atoms with Crippen molar-refractivity contribution < 1.29 is 4.79 Å². The van der Waals surface area contributed by atoms with Crippen molar-refractivity contribution in [1.29, 1.82) is 0 Å². The van der Waals surface area contributed by atoms with E-state index in [1.165, 1.54) is 17.0 Å². The van der Waals surface area contributed by atoms with E-state index in [-0.39, 0.29) is 30.7 Å². The zero-order valence-corrected chi connectivity index (χ0v) is 16.4. The van der Waals surface area contributed by atoms with Gasteiger partial charge in [0.05, 0.1) is 5.01 Å². The Morgan fingerprint density at radius 3 is 2.60 bits per heavy atom. The van der Waals surface area contributed by atoms with Gasteiger partial charge < -0.3 is 15.5 Å². The fourth-order valence-electron chi connectivity index (χ4n) is 2.83. The number of para-hydroxylation sites is 1. The number of rotatable bonds is 4. The predicted molar refractivity (Wildman–Crippen MR) is 109 cm³/mol. The first-order chi connectivity index (χ1) is 11.3. The van der Waals surface area contributed by atoms with E-state index in [0.717, 1.165) is 44.0 Å². The van der Waals surface area contributed by atoms with Crippen LogP contribution in [-0.2, 0) is 6.42 Å². The van der Waals surface area contributed by atoms with Gasteiger partial charge in [-0.05, 0) is 25.1 Å². The lowest BCUT2D eigenvalue weighted by molar-refractivity contribution is 0.0762. The molecule has 1 aliphatic heterocycles. The van der Waals surface area contributed by atoms with Crippen LogP contribution in [0.3, 0.4) is 0 Å². The summed E-state index contributed by atoms with van der Waals surface area (Å²) in [6, 6.07) is 10.4. The molecule has 138 valence electrons. The lowest BCUT2D eigenvalue weighted by Crippen LogP contribution is -2.35. The predicted octanol–water partition coefficient (Wildman–Crippen LogP) is 2.84. The summed E-state index contributed by atoms with van der Waals surface area (Å²) in [5.41, 5.74) is 7.33. The highest BCUT2D eigenvalue weighted by Crippen LogP contribution is 2.18. The average Bonchev–Trinajstić information content (AvgIpc) is 2.91. The van der Waals surface area contributed by atoms with Gasteiger partial charge in [0.2, 0.25) is 0 Å². The summed E-state index contributed by atoms with van der Waals surface area (Å²) in [4.78, 5) is 21.3. The van der Waals surface area contributed by atoms with Crippen molar-refractivity contribution in [3.8, 4) is 0 Å². The van der Waals surface area contributed by atoms with Crippen LogP contribution in [0.5, 0.6) is 0 Å². The Labute approximate surface area is 165 Å². The van der Waals surface area contributed by atoms with Gasteiger partial charge in [0.25, 0.3) is 5.91 Å². The van der Waals surface area contributed by atoms with E-state index in [9.17, 15) is 4.79 Å². The van der Waals surface area contributed by atoms with Crippen LogP contribution in [0.15, 0.2) is 35.7 Å². The smallest absolute Gasteiger partial charge is 0.273 e. The molecular weight excluding hydrogens is 379 g/mol. The number of thiazole rings is 1. The molecule has 8 heteroatoms. The van der Waals surface area contributed by atoms with Gasteiger partial charge in [-0.15, -0.1) is 36.2 Å². The maximum atomic E-state index is 12.6. The number of nitrogens with zero attached hydrogens (tertiary/aromatic N) is 3. The first-order valence-electron chi connectivity index (χ1n) is 8.01. The molecule has 3 rings (SSSR count). The summed E-state index contributed by atoms with van der Waals surface area (Å²) in [5, 5.41) is 2.80. The van der Waals surface area contributed by atoms with E-state index in [1.54, 1.807) is 0 Å². The molecule has 1 aromatic carbocycles. The van der Waals surface area contributed by atoms with E-state index in [0.29, 0.717) is 12.2 Å². The highest BCUT2D eigenvalue weighted by molar-refractivity contribution is 7.09. The molecule has 0 aliphatic carbocycles. The number of nitrogens with two attached hydrogens (primary N) is 1. The number of hydrogen-bond donors (Lipinski definition) is 1. The Balaban J connectivity index is 0.00000156. The van der Waals surface area contributed by atoms with E-state index in [2.05, 4.69) is 34.1 Å². The monoisotopic (exact) mass is 402 g/mol. The summed E-state index contributed by atoms with van der Waals surface area (Å²) in [6.45, 7) is 3.92. The minimum Gasteiger partial charge on any atom is -0.370 e. The number of halogens is 2. The molecule has 0 saturated carbocycles. The number of benzene rings is 1. The van der Waals surface area contributed by atoms with Crippen molar-refractivity contribution in [2.45, 2.75) is 12.8 Å². The third-order valence-corrected chi connectivity index (χ3v) is 4.94. The topological polar surface area (TPSA) is 62.5 Å². The standard InChI is InChI=1S/C17H22N4OS.2ClH/c18-8-7-16-19-15(13-23-16)17(22)21-10-4-9-20(11-12-21)14-5-2-1-3-6-14;;/h1-3,5-6,13H,4,7-12,18H2;2*1H. The third-order valence-electron chi connectivity index (χ3n) is 4.03. The van der Waals surface area contributed by atoms with Crippen LogP contribution < -0.4 is 10.6 Å². The van der Waals surface area contributed by atoms with Crippen molar-refractivity contribution in [1.82, 2.24) is 9.88 Å². The Morgan fingerprint density at radius 2 is 1.88 bits per heavy atom. The van der Waals surface area contributed by atoms with E-state index >= 15 is 0 Å². The van der Waals surface area contributed by atoms with Crippen LogP contribution in [0.2, 0.25) is 0 Å². The molecule has 1 fully saturated rings. The van der Waals surface area contributed by atoms with Crippen molar-refractivity contribution in [3.63, 3.8) is 0 Å². The Morgan fingerprint density at radius 1 is 1.12 bits per heavy atom. The van der Waals surface area contributed by atoms with E-state index in [4.69, 9.17) is 5.73 Å². The van der Waals surface area contributed by atoms with Gasteiger partial charge in [0.15, 0.2) is 0 Å². The lowest BCUT2D eigenvalue weighted by Gasteiger charge is -2.23. The van der Waals surface area contributed by atoms with E-state index in [1.807, 2.05) is 16.3 Å². The summed E-state index contributed by atoms with van der Waals surface area (Å²) in [7, 11) is 0. The first kappa shape index (κ1) is 21.7. The second-order valence-corrected chi connectivity index (χ2v) is 6.58. The molecule has 2 aromatic rings. The molecule has 0 unspecified atom stereocenters. The molecule has 5 nitrogen and oxygen atoms in total. The molecule has 25 heavy (non-hydrogen) atoms. The van der Waals surface area contributed by atoms with Crippen LogP contribution in [0, 0.1) is 0 Å². The van der Waals surface area contributed by atoms with Gasteiger partial charge in [-0.1, -0.05) is 18.2 Å². The van der Waals surface area contributed by atoms with E-state index < -0.39 is 0 Å². The van der Waals surface area contributed by atoms with Crippen molar-refractivity contribution in [3.05, 3.63) is 46.4 Å². The second kappa shape index (κ2) is 10.6. The maximum Gasteiger partial charge on any atom is 0.273 e. The fraction of sp³-hybridized carbons (Fsp3) is 0.412. The molecule has 1 saturated heterocycles. The fourth-order valence-corrected chi connectivity index (χ4v) is 3.61. The van der Waals surface area contributed by atoms with Crippen LogP contribution in [0.1, 0.15) is 21.9 Å². The van der Waals surface area contributed by atoms with Crippen LogP contribution in [0.4, 0.5) is 5.69 Å². The summed E-state index contributed by atoms with van der Waals surface area (Å²) >= 11 is 1.52. The minimum atomic E-state index is 0. The molecule has 0 radical (unpaired) electrons. The van der Waals surface area contributed by atoms with Crippen LogP contribution in [-0.4, -0.2) is 48.5 Å². The highest BCUT2D eigenvalue weighted by Gasteiger charge is 2.22. The van der Waals surface area contributed by atoms with Gasteiger partial charge in [-0.2, -0.15) is 0 Å². The number of hydrogen-bond acceptors (Lipinski definition) is 5. The second-order valence-electron chi connectivity index (χ2n) is 5.63. The molecule has 1 aliphatic rings. The molecule has 2 heterocycles. The number of carbonyl (C=O) groups is 1. The minimum absolute atomic E-state index is 0. The quantitative estimate of drug-likeness (QED) is 0.853. The largest absolute Gasteiger partial charge is 0.370 e. The van der Waals surface area contributed by atoms with Crippen molar-refractivity contribution >= 4 is 47.7 Å². The third kappa shape index (κ3) is 5.57. The van der Waals surface area contributed by atoms with Gasteiger partial charge >= 0.3 is 0 Å². The zero-order chi connectivity index (χ0) is 16.1.